The van der Waals surface area contributed by atoms with E-state index >= 15 is 0 Å². The average Bonchev–Trinajstić information content (AvgIpc) is 1.90. The minimum absolute atomic E-state index is 0.469. The second-order valence-corrected chi connectivity index (χ2v) is 6.30. The maximum absolute atomic E-state index is 2.39. The van der Waals surface area contributed by atoms with Crippen LogP contribution in [0.5, 0.6) is 0 Å². The Balaban J connectivity index is 2.23. The van der Waals surface area contributed by atoms with Gasteiger partial charge in [-0.2, -0.15) is 0 Å². The third kappa shape index (κ3) is 2.26. The molecule has 0 aliphatic carbocycles. The molecule has 0 nitrogen and oxygen atoms in total. The van der Waals surface area contributed by atoms with Gasteiger partial charge in [0.15, 0.2) is 0 Å². The van der Waals surface area contributed by atoms with Crippen LogP contribution in [0.4, 0.5) is 0 Å². The van der Waals surface area contributed by atoms with Crippen molar-refractivity contribution in [2.45, 2.75) is 38.8 Å². The van der Waals surface area contributed by atoms with E-state index in [9.17, 15) is 0 Å². The van der Waals surface area contributed by atoms with Crippen molar-refractivity contribution in [2.75, 3.05) is 12.3 Å². The summed E-state index contributed by atoms with van der Waals surface area (Å²) in [5.74, 6) is 0. The molecular weight excluding hydrogens is 127 g/mol. The van der Waals surface area contributed by atoms with Crippen LogP contribution in [-0.4, -0.2) is 18.0 Å². The van der Waals surface area contributed by atoms with Crippen LogP contribution in [0.2, 0.25) is 0 Å². The third-order valence-electron chi connectivity index (χ3n) is 2.12. The Morgan fingerprint density at radius 1 is 1.00 bits per heavy atom. The second kappa shape index (κ2) is 3.56. The SMILES string of the molecule is CC(C)P1CCCCC1. The van der Waals surface area contributed by atoms with E-state index in [4.69, 9.17) is 0 Å². The molecule has 1 fully saturated rings. The summed E-state index contributed by atoms with van der Waals surface area (Å²) in [5.41, 5.74) is 1.00. The monoisotopic (exact) mass is 144 g/mol. The normalized spacial score (nSPS) is 23.0. The number of hydrogen-bond acceptors (Lipinski definition) is 0. The molecule has 9 heavy (non-hydrogen) atoms. The molecule has 0 saturated carbocycles. The quantitative estimate of drug-likeness (QED) is 0.496. The molecule has 0 atom stereocenters. The van der Waals surface area contributed by atoms with E-state index in [2.05, 4.69) is 13.8 Å². The van der Waals surface area contributed by atoms with Gasteiger partial charge < -0.3 is 0 Å². The molecule has 0 spiro atoms. The molecular formula is C8H17P. The minimum atomic E-state index is 0.469. The molecule has 0 N–H and O–H groups in total. The zero-order chi connectivity index (χ0) is 6.69. The van der Waals surface area contributed by atoms with E-state index in [0.29, 0.717) is 7.92 Å². The maximum atomic E-state index is 2.39. The Labute approximate surface area is 59.8 Å². The lowest BCUT2D eigenvalue weighted by atomic mass is 10.3. The smallest absolute Gasteiger partial charge is 0.0266 e. The molecule has 0 aromatic heterocycles. The van der Waals surface area contributed by atoms with Crippen LogP contribution in [0.3, 0.4) is 0 Å². The molecule has 0 amide bonds. The van der Waals surface area contributed by atoms with Crippen molar-refractivity contribution in [3.63, 3.8) is 0 Å². The summed E-state index contributed by atoms with van der Waals surface area (Å²) in [6.45, 7) is 4.77. The van der Waals surface area contributed by atoms with Gasteiger partial charge in [-0.25, -0.2) is 0 Å². The van der Waals surface area contributed by atoms with Crippen LogP contribution < -0.4 is 0 Å². The lowest BCUT2D eigenvalue weighted by Gasteiger charge is -2.25. The van der Waals surface area contributed by atoms with Crippen molar-refractivity contribution in [1.82, 2.24) is 0 Å². The van der Waals surface area contributed by atoms with Crippen LogP contribution in [0.15, 0.2) is 0 Å². The predicted octanol–water partition coefficient (Wildman–Crippen LogP) is 3.06. The largest absolute Gasteiger partial charge is 0.104 e. The summed E-state index contributed by atoms with van der Waals surface area (Å²) in [6, 6.07) is 0. The fraction of sp³-hybridized carbons (Fsp3) is 1.00. The van der Waals surface area contributed by atoms with Crippen molar-refractivity contribution >= 4 is 7.92 Å². The lowest BCUT2D eigenvalue weighted by molar-refractivity contribution is 0.745. The first kappa shape index (κ1) is 7.54. The summed E-state index contributed by atoms with van der Waals surface area (Å²) in [7, 11) is 0.469. The Hall–Kier alpha value is 0.430. The lowest BCUT2D eigenvalue weighted by Crippen LogP contribution is -2.05. The van der Waals surface area contributed by atoms with Crippen molar-refractivity contribution in [2.24, 2.45) is 0 Å². The van der Waals surface area contributed by atoms with Gasteiger partial charge in [-0.3, -0.25) is 0 Å². The molecule has 0 unspecified atom stereocenters. The number of rotatable bonds is 1. The van der Waals surface area contributed by atoms with Crippen molar-refractivity contribution in [3.8, 4) is 0 Å². The average molecular weight is 144 g/mol. The fourth-order valence-electron chi connectivity index (χ4n) is 1.43. The van der Waals surface area contributed by atoms with Gasteiger partial charge in [0.05, 0.1) is 0 Å². The highest BCUT2D eigenvalue weighted by atomic mass is 31.1. The molecule has 1 rings (SSSR count). The zero-order valence-corrected chi connectivity index (χ0v) is 7.45. The van der Waals surface area contributed by atoms with Crippen molar-refractivity contribution < 1.29 is 0 Å². The second-order valence-electron chi connectivity index (χ2n) is 3.19. The maximum Gasteiger partial charge on any atom is -0.0266 e. The van der Waals surface area contributed by atoms with Gasteiger partial charge in [0, 0.05) is 0 Å². The van der Waals surface area contributed by atoms with Gasteiger partial charge in [0.2, 0.25) is 0 Å². The highest BCUT2D eigenvalue weighted by Gasteiger charge is 2.14. The summed E-state index contributed by atoms with van der Waals surface area (Å²) in [5, 5.41) is 0. The highest BCUT2D eigenvalue weighted by molar-refractivity contribution is 7.58. The first-order valence-corrected chi connectivity index (χ1v) is 5.83. The van der Waals surface area contributed by atoms with Crippen molar-refractivity contribution in [3.05, 3.63) is 0 Å². The highest BCUT2D eigenvalue weighted by Crippen LogP contribution is 2.45. The van der Waals surface area contributed by atoms with E-state index in [0.717, 1.165) is 5.66 Å². The van der Waals surface area contributed by atoms with E-state index in [1.807, 2.05) is 0 Å². The molecule has 0 radical (unpaired) electrons. The molecule has 0 aromatic rings. The van der Waals surface area contributed by atoms with E-state index in [-0.39, 0.29) is 0 Å². The van der Waals surface area contributed by atoms with Crippen LogP contribution in [0, 0.1) is 0 Å². The van der Waals surface area contributed by atoms with Gasteiger partial charge in [-0.15, -0.1) is 7.92 Å². The van der Waals surface area contributed by atoms with Crippen LogP contribution >= 0.6 is 7.92 Å². The molecule has 54 valence electrons. The molecule has 1 heteroatoms. The Morgan fingerprint density at radius 2 is 1.56 bits per heavy atom. The summed E-state index contributed by atoms with van der Waals surface area (Å²) in [6.07, 6.45) is 7.67. The first-order valence-electron chi connectivity index (χ1n) is 4.05. The Morgan fingerprint density at radius 3 is 1.89 bits per heavy atom. The van der Waals surface area contributed by atoms with Gasteiger partial charge in [-0.05, 0) is 30.8 Å². The molecule has 0 bridgehead atoms. The van der Waals surface area contributed by atoms with Crippen LogP contribution in [0.1, 0.15) is 33.1 Å². The van der Waals surface area contributed by atoms with Crippen LogP contribution in [-0.2, 0) is 0 Å². The predicted molar refractivity (Wildman–Crippen MR) is 45.6 cm³/mol. The summed E-state index contributed by atoms with van der Waals surface area (Å²) in [4.78, 5) is 0. The van der Waals surface area contributed by atoms with Gasteiger partial charge in [0.25, 0.3) is 0 Å². The molecule has 1 heterocycles. The third-order valence-corrected chi connectivity index (χ3v) is 5.36. The zero-order valence-electron chi connectivity index (χ0n) is 6.56. The Bertz CT molecular complexity index is 72.6. The molecule has 1 aliphatic rings. The molecule has 1 aliphatic heterocycles. The van der Waals surface area contributed by atoms with E-state index < -0.39 is 0 Å². The number of hydrogen-bond donors (Lipinski definition) is 0. The van der Waals surface area contributed by atoms with E-state index in [1.54, 1.807) is 12.3 Å². The van der Waals surface area contributed by atoms with Crippen LogP contribution in [0.25, 0.3) is 0 Å². The van der Waals surface area contributed by atoms with Gasteiger partial charge in [0.1, 0.15) is 0 Å². The molecule has 1 saturated heterocycles. The minimum Gasteiger partial charge on any atom is -0.104 e. The molecule has 0 aromatic carbocycles. The van der Waals surface area contributed by atoms with Gasteiger partial charge in [-0.1, -0.05) is 20.3 Å². The van der Waals surface area contributed by atoms with Gasteiger partial charge >= 0.3 is 0 Å². The summed E-state index contributed by atoms with van der Waals surface area (Å²) < 4.78 is 0. The topological polar surface area (TPSA) is 0 Å². The Kier molecular flexibility index (Phi) is 2.98. The van der Waals surface area contributed by atoms with Crippen molar-refractivity contribution in [1.29, 1.82) is 0 Å². The standard InChI is InChI=1S/C8H17P/c1-8(2)9-6-4-3-5-7-9/h8H,3-7H2,1-2H3. The first-order chi connectivity index (χ1) is 4.30. The fourth-order valence-corrected chi connectivity index (χ4v) is 3.95. The van der Waals surface area contributed by atoms with E-state index in [1.165, 1.54) is 19.3 Å². The summed E-state index contributed by atoms with van der Waals surface area (Å²) >= 11 is 0.